The number of piperazine rings is 1. The molecule has 26 heavy (non-hydrogen) atoms. The Kier molecular flexibility index (Phi) is 7.52. The molecule has 1 unspecified atom stereocenters. The fourth-order valence-electron chi connectivity index (χ4n) is 2.94. The first kappa shape index (κ1) is 22.8. The van der Waals surface area contributed by atoms with E-state index in [0.29, 0.717) is 12.5 Å². The van der Waals surface area contributed by atoms with Gasteiger partial charge in [0.25, 0.3) is 0 Å². The lowest BCUT2D eigenvalue weighted by Crippen LogP contribution is -2.58. The standard InChI is InChI=1S/C16H23F2N3O3S.ClH/c1-3-6-16(2,19)15(22)20-7-9-21(10-8-20)25(23,24)14-5-4-12(17)11-13(14)18;/h4-5,11H,3,6-10,19H2,1-2H3;1H. The number of carbonyl (C=O) groups excluding carboxylic acids is 1. The van der Waals surface area contributed by atoms with Crippen molar-refractivity contribution in [2.45, 2.75) is 37.1 Å². The van der Waals surface area contributed by atoms with Crippen molar-refractivity contribution in [3.8, 4) is 0 Å². The number of nitrogens with zero attached hydrogens (tertiary/aromatic N) is 2. The molecule has 2 rings (SSSR count). The Morgan fingerprint density at radius 2 is 1.81 bits per heavy atom. The molecule has 1 heterocycles. The third kappa shape index (κ3) is 4.70. The van der Waals surface area contributed by atoms with E-state index in [1.807, 2.05) is 6.92 Å². The fraction of sp³-hybridized carbons (Fsp3) is 0.562. The Morgan fingerprint density at radius 1 is 1.23 bits per heavy atom. The average molecular weight is 412 g/mol. The van der Waals surface area contributed by atoms with Crippen molar-refractivity contribution in [1.82, 2.24) is 9.21 Å². The number of carbonyl (C=O) groups is 1. The van der Waals surface area contributed by atoms with Crippen molar-refractivity contribution in [2.24, 2.45) is 5.73 Å². The first-order chi connectivity index (χ1) is 11.6. The summed E-state index contributed by atoms with van der Waals surface area (Å²) in [5, 5.41) is 0. The van der Waals surface area contributed by atoms with Crippen molar-refractivity contribution in [3.05, 3.63) is 29.8 Å². The maximum atomic E-state index is 13.8. The Morgan fingerprint density at radius 3 is 2.31 bits per heavy atom. The van der Waals surface area contributed by atoms with Gasteiger partial charge < -0.3 is 10.6 Å². The molecule has 1 aromatic rings. The Bertz CT molecular complexity index is 751. The third-order valence-electron chi connectivity index (χ3n) is 4.30. The number of nitrogens with two attached hydrogens (primary N) is 1. The van der Waals surface area contributed by atoms with Gasteiger partial charge in [-0.15, -0.1) is 12.4 Å². The van der Waals surface area contributed by atoms with Crippen LogP contribution in [-0.2, 0) is 14.8 Å². The summed E-state index contributed by atoms with van der Waals surface area (Å²) in [6.07, 6.45) is 1.29. The van der Waals surface area contributed by atoms with Gasteiger partial charge in [0.05, 0.1) is 5.54 Å². The molecule has 0 bridgehead atoms. The third-order valence-corrected chi connectivity index (χ3v) is 6.23. The molecule has 0 spiro atoms. The summed E-state index contributed by atoms with van der Waals surface area (Å²) in [6.45, 7) is 4.02. The van der Waals surface area contributed by atoms with Gasteiger partial charge in [-0.25, -0.2) is 17.2 Å². The van der Waals surface area contributed by atoms with Gasteiger partial charge in [0, 0.05) is 32.2 Å². The summed E-state index contributed by atoms with van der Waals surface area (Å²) in [4.78, 5) is 13.4. The lowest BCUT2D eigenvalue weighted by atomic mass is 9.95. The van der Waals surface area contributed by atoms with Crippen LogP contribution in [0.4, 0.5) is 8.78 Å². The normalized spacial score (nSPS) is 18.1. The number of rotatable bonds is 5. The van der Waals surface area contributed by atoms with Gasteiger partial charge in [-0.05, 0) is 25.5 Å². The molecule has 0 radical (unpaired) electrons. The highest BCUT2D eigenvalue weighted by molar-refractivity contribution is 7.89. The van der Waals surface area contributed by atoms with Gasteiger partial charge >= 0.3 is 0 Å². The van der Waals surface area contributed by atoms with Crippen LogP contribution < -0.4 is 5.73 Å². The average Bonchev–Trinajstić information content (AvgIpc) is 2.54. The topological polar surface area (TPSA) is 83.7 Å². The van der Waals surface area contributed by atoms with E-state index in [1.165, 1.54) is 4.90 Å². The number of benzene rings is 1. The highest BCUT2D eigenvalue weighted by atomic mass is 35.5. The smallest absolute Gasteiger partial charge is 0.246 e. The molecular weight excluding hydrogens is 388 g/mol. The largest absolute Gasteiger partial charge is 0.338 e. The molecule has 1 aromatic carbocycles. The predicted molar refractivity (Wildman–Crippen MR) is 96.4 cm³/mol. The summed E-state index contributed by atoms with van der Waals surface area (Å²) in [7, 11) is -4.08. The van der Waals surface area contributed by atoms with Gasteiger partial charge in [0.1, 0.15) is 16.5 Å². The van der Waals surface area contributed by atoms with E-state index in [9.17, 15) is 22.0 Å². The fourth-order valence-corrected chi connectivity index (χ4v) is 4.41. The number of amides is 1. The maximum absolute atomic E-state index is 13.8. The van der Waals surface area contributed by atoms with E-state index in [0.717, 1.165) is 22.9 Å². The van der Waals surface area contributed by atoms with Crippen LogP contribution in [0.2, 0.25) is 0 Å². The number of hydrogen-bond acceptors (Lipinski definition) is 4. The lowest BCUT2D eigenvalue weighted by molar-refractivity contribution is -0.137. The summed E-state index contributed by atoms with van der Waals surface area (Å²) < 4.78 is 53.0. The van der Waals surface area contributed by atoms with Crippen molar-refractivity contribution < 1.29 is 22.0 Å². The minimum absolute atomic E-state index is 0. The summed E-state index contributed by atoms with van der Waals surface area (Å²) >= 11 is 0. The van der Waals surface area contributed by atoms with Crippen molar-refractivity contribution in [3.63, 3.8) is 0 Å². The molecule has 1 atom stereocenters. The van der Waals surface area contributed by atoms with Crippen LogP contribution in [0.5, 0.6) is 0 Å². The Hall–Kier alpha value is -1.29. The summed E-state index contributed by atoms with van der Waals surface area (Å²) in [5.74, 6) is -2.19. The minimum atomic E-state index is -4.08. The van der Waals surface area contributed by atoms with Gasteiger partial charge in [-0.3, -0.25) is 4.79 Å². The van der Waals surface area contributed by atoms with Gasteiger partial charge in [-0.1, -0.05) is 13.3 Å². The monoisotopic (exact) mass is 411 g/mol. The van der Waals surface area contributed by atoms with E-state index in [2.05, 4.69) is 0 Å². The van der Waals surface area contributed by atoms with Gasteiger partial charge in [0.15, 0.2) is 0 Å². The summed E-state index contributed by atoms with van der Waals surface area (Å²) in [5.41, 5.74) is 5.05. The second-order valence-corrected chi connectivity index (χ2v) is 8.34. The molecule has 2 N–H and O–H groups in total. The van der Waals surface area contributed by atoms with Crippen LogP contribution in [0.1, 0.15) is 26.7 Å². The zero-order valence-electron chi connectivity index (χ0n) is 14.7. The van der Waals surface area contributed by atoms with Crippen LogP contribution in [0.25, 0.3) is 0 Å². The molecule has 1 fully saturated rings. The zero-order chi connectivity index (χ0) is 18.8. The van der Waals surface area contributed by atoms with E-state index < -0.39 is 32.1 Å². The maximum Gasteiger partial charge on any atom is 0.246 e. The molecule has 148 valence electrons. The van der Waals surface area contributed by atoms with Gasteiger partial charge in [-0.2, -0.15) is 4.31 Å². The molecule has 1 aliphatic heterocycles. The SMILES string of the molecule is CCCC(C)(N)C(=O)N1CCN(S(=O)(=O)c2ccc(F)cc2F)CC1.Cl. The highest BCUT2D eigenvalue weighted by Gasteiger charge is 2.36. The molecular formula is C16H24ClF2N3O3S. The Labute approximate surface area is 158 Å². The Balaban J connectivity index is 0.00000338. The van der Waals surface area contributed by atoms with Crippen molar-refractivity contribution in [2.75, 3.05) is 26.2 Å². The highest BCUT2D eigenvalue weighted by Crippen LogP contribution is 2.22. The first-order valence-electron chi connectivity index (χ1n) is 8.13. The van der Waals surface area contributed by atoms with E-state index in [4.69, 9.17) is 5.73 Å². The van der Waals surface area contributed by atoms with Crippen molar-refractivity contribution in [1.29, 1.82) is 0 Å². The second-order valence-electron chi connectivity index (χ2n) is 6.44. The molecule has 10 heteroatoms. The van der Waals surface area contributed by atoms with Crippen LogP contribution in [-0.4, -0.2) is 55.2 Å². The molecule has 1 saturated heterocycles. The number of sulfonamides is 1. The number of halogens is 3. The molecule has 0 aliphatic carbocycles. The molecule has 0 saturated carbocycles. The van der Waals surface area contributed by atoms with E-state index in [-0.39, 0.29) is 44.5 Å². The molecule has 0 aromatic heterocycles. The van der Waals surface area contributed by atoms with Crippen LogP contribution in [0.15, 0.2) is 23.1 Å². The van der Waals surface area contributed by atoms with Crippen LogP contribution >= 0.6 is 12.4 Å². The van der Waals surface area contributed by atoms with E-state index in [1.54, 1.807) is 6.92 Å². The van der Waals surface area contributed by atoms with Crippen LogP contribution in [0.3, 0.4) is 0 Å². The van der Waals surface area contributed by atoms with Crippen molar-refractivity contribution >= 4 is 28.3 Å². The van der Waals surface area contributed by atoms with Gasteiger partial charge in [0.2, 0.25) is 15.9 Å². The second kappa shape index (κ2) is 8.60. The lowest BCUT2D eigenvalue weighted by Gasteiger charge is -2.37. The minimum Gasteiger partial charge on any atom is -0.338 e. The summed E-state index contributed by atoms with van der Waals surface area (Å²) in [6, 6.07) is 2.35. The molecule has 6 nitrogen and oxygen atoms in total. The zero-order valence-corrected chi connectivity index (χ0v) is 16.4. The van der Waals surface area contributed by atoms with Crippen LogP contribution in [0, 0.1) is 11.6 Å². The first-order valence-corrected chi connectivity index (χ1v) is 9.57. The molecule has 1 aliphatic rings. The number of hydrogen-bond donors (Lipinski definition) is 1. The van der Waals surface area contributed by atoms with E-state index >= 15 is 0 Å². The molecule has 1 amide bonds. The quantitative estimate of drug-likeness (QED) is 0.799. The predicted octanol–water partition coefficient (Wildman–Crippen LogP) is 1.74.